The fourth-order valence-corrected chi connectivity index (χ4v) is 4.95. The topological polar surface area (TPSA) is 68.3 Å². The lowest BCUT2D eigenvalue weighted by atomic mass is 9.90. The smallest absolute Gasteiger partial charge is 0.262 e. The van der Waals surface area contributed by atoms with E-state index in [2.05, 4.69) is 6.92 Å². The number of ether oxygens (including phenoxy) is 2. The quantitative estimate of drug-likeness (QED) is 0.278. The second-order valence-corrected chi connectivity index (χ2v) is 9.25. The Balaban J connectivity index is 1.51. The maximum atomic E-state index is 13.8. The zero-order valence-corrected chi connectivity index (χ0v) is 21.2. The van der Waals surface area contributed by atoms with Gasteiger partial charge in [-0.05, 0) is 48.7 Å². The lowest BCUT2D eigenvalue weighted by molar-refractivity contribution is -0.143. The van der Waals surface area contributed by atoms with Gasteiger partial charge in [-0.3, -0.25) is 19.3 Å². The minimum atomic E-state index is -0.891. The van der Waals surface area contributed by atoms with Gasteiger partial charge in [-0.1, -0.05) is 67.9 Å². The zero-order chi connectivity index (χ0) is 25.8. The lowest BCUT2D eigenvalue weighted by Gasteiger charge is -2.29. The molecule has 0 saturated carbocycles. The highest BCUT2D eigenvalue weighted by Gasteiger charge is 2.59. The number of hydrogen-bond acceptors (Lipinski definition) is 6. The number of benzene rings is 3. The van der Waals surface area contributed by atoms with Crippen molar-refractivity contribution in [3.8, 4) is 11.5 Å². The summed E-state index contributed by atoms with van der Waals surface area (Å²) in [5, 5.41) is 1.70. The number of unbranched alkanes of at least 4 members (excludes halogenated alkanes) is 1. The Bertz CT molecular complexity index is 1230. The molecule has 0 aromatic heterocycles. The maximum Gasteiger partial charge on any atom is 0.262 e. The minimum Gasteiger partial charge on any atom is -0.490 e. The molecular formula is C30H32N2O5. The van der Waals surface area contributed by atoms with Gasteiger partial charge in [0, 0.05) is 0 Å². The van der Waals surface area contributed by atoms with Crippen LogP contribution >= 0.6 is 0 Å². The molecule has 3 atom stereocenters. The number of likely N-dealkylation sites (tertiary alicyclic amines) is 1. The first-order valence-electron chi connectivity index (χ1n) is 12.9. The van der Waals surface area contributed by atoms with Crippen LogP contribution in [0.5, 0.6) is 11.5 Å². The van der Waals surface area contributed by atoms with E-state index in [0.29, 0.717) is 24.7 Å². The van der Waals surface area contributed by atoms with Gasteiger partial charge in [-0.15, -0.1) is 0 Å². The highest BCUT2D eigenvalue weighted by atomic mass is 16.7. The molecule has 3 aromatic carbocycles. The first-order valence-corrected chi connectivity index (χ1v) is 12.9. The number of anilines is 1. The van der Waals surface area contributed by atoms with E-state index in [1.165, 1.54) is 4.90 Å². The molecule has 0 radical (unpaired) electrons. The Morgan fingerprint density at radius 3 is 2.27 bits per heavy atom. The summed E-state index contributed by atoms with van der Waals surface area (Å²) in [6, 6.07) is 24.3. The standard InChI is InChI=1S/C30H32N2O5/c1-3-5-18-36-24-17-16-22(19-25(24)35-4-2)27-26-28(37-32(27)23-14-10-7-11-15-23)30(34)31(29(26)33)20-21-12-8-6-9-13-21/h6-17,19,26-28H,3-5,18,20H2,1-2H3/t26-,27-,28+/m1/s1. The number of nitrogens with zero attached hydrogens (tertiary/aromatic N) is 2. The number of amides is 2. The molecule has 0 unspecified atom stereocenters. The molecule has 37 heavy (non-hydrogen) atoms. The molecule has 192 valence electrons. The van der Waals surface area contributed by atoms with Crippen LogP contribution in [-0.2, 0) is 21.0 Å². The summed E-state index contributed by atoms with van der Waals surface area (Å²) in [6.45, 7) is 5.34. The van der Waals surface area contributed by atoms with Crippen molar-refractivity contribution in [1.82, 2.24) is 4.90 Å². The van der Waals surface area contributed by atoms with E-state index in [4.69, 9.17) is 14.3 Å². The molecule has 7 heteroatoms. The molecule has 0 bridgehead atoms. The highest BCUT2D eigenvalue weighted by molar-refractivity contribution is 6.07. The van der Waals surface area contributed by atoms with E-state index in [1.807, 2.05) is 85.8 Å². The van der Waals surface area contributed by atoms with Crippen molar-refractivity contribution in [2.75, 3.05) is 18.3 Å². The van der Waals surface area contributed by atoms with Gasteiger partial charge in [0.05, 0.1) is 31.5 Å². The Labute approximate surface area is 217 Å². The molecule has 0 aliphatic carbocycles. The van der Waals surface area contributed by atoms with Gasteiger partial charge < -0.3 is 9.47 Å². The molecule has 2 saturated heterocycles. The van der Waals surface area contributed by atoms with Gasteiger partial charge in [-0.2, -0.15) is 0 Å². The van der Waals surface area contributed by atoms with Crippen LogP contribution in [0.3, 0.4) is 0 Å². The van der Waals surface area contributed by atoms with E-state index in [1.54, 1.807) is 5.06 Å². The Morgan fingerprint density at radius 1 is 0.838 bits per heavy atom. The SMILES string of the molecule is CCCCOc1ccc([C@@H]2[C@H]3C(=O)N(Cc4ccccc4)C(=O)[C@H]3ON2c2ccccc2)cc1OCC. The van der Waals surface area contributed by atoms with Crippen molar-refractivity contribution >= 4 is 17.5 Å². The fourth-order valence-electron chi connectivity index (χ4n) is 4.95. The molecule has 2 fully saturated rings. The van der Waals surface area contributed by atoms with Crippen LogP contribution in [-0.4, -0.2) is 36.0 Å². The second-order valence-electron chi connectivity index (χ2n) is 9.25. The first-order chi connectivity index (χ1) is 18.1. The Hall–Kier alpha value is -3.84. The molecule has 3 aromatic rings. The van der Waals surface area contributed by atoms with E-state index in [-0.39, 0.29) is 18.4 Å². The summed E-state index contributed by atoms with van der Waals surface area (Å²) in [6.07, 6.45) is 1.09. The van der Waals surface area contributed by atoms with Crippen LogP contribution in [0.25, 0.3) is 0 Å². The van der Waals surface area contributed by atoms with Crippen molar-refractivity contribution in [3.63, 3.8) is 0 Å². The van der Waals surface area contributed by atoms with Gasteiger partial charge in [-0.25, -0.2) is 5.06 Å². The summed E-state index contributed by atoms with van der Waals surface area (Å²) in [5.74, 6) is 0.0545. The van der Waals surface area contributed by atoms with Crippen molar-refractivity contribution < 1.29 is 23.9 Å². The van der Waals surface area contributed by atoms with Crippen molar-refractivity contribution in [2.45, 2.75) is 45.4 Å². The Kier molecular flexibility index (Phi) is 7.42. The highest BCUT2D eigenvalue weighted by Crippen LogP contribution is 2.48. The van der Waals surface area contributed by atoms with E-state index in [0.717, 1.165) is 29.7 Å². The normalized spacial score (nSPS) is 20.9. The number of hydroxylamine groups is 1. The summed E-state index contributed by atoms with van der Waals surface area (Å²) >= 11 is 0. The van der Waals surface area contributed by atoms with Gasteiger partial charge in [0.2, 0.25) is 5.91 Å². The molecule has 7 nitrogen and oxygen atoms in total. The van der Waals surface area contributed by atoms with Gasteiger partial charge in [0.1, 0.15) is 5.92 Å². The zero-order valence-electron chi connectivity index (χ0n) is 21.2. The lowest BCUT2D eigenvalue weighted by Crippen LogP contribution is -2.36. The molecule has 0 N–H and O–H groups in total. The Morgan fingerprint density at radius 2 is 1.57 bits per heavy atom. The number of rotatable bonds is 10. The number of carbonyl (C=O) groups excluding carboxylic acids is 2. The predicted octanol–water partition coefficient (Wildman–Crippen LogP) is 5.31. The third-order valence-corrected chi connectivity index (χ3v) is 6.77. The number of fused-ring (bicyclic) bond motifs is 1. The molecule has 2 heterocycles. The maximum absolute atomic E-state index is 13.8. The molecule has 5 rings (SSSR count). The van der Waals surface area contributed by atoms with E-state index in [9.17, 15) is 9.59 Å². The number of para-hydroxylation sites is 1. The van der Waals surface area contributed by atoms with E-state index < -0.39 is 18.1 Å². The predicted molar refractivity (Wildman–Crippen MR) is 140 cm³/mol. The summed E-state index contributed by atoms with van der Waals surface area (Å²) in [5.41, 5.74) is 2.50. The summed E-state index contributed by atoms with van der Waals surface area (Å²) in [7, 11) is 0. The number of carbonyl (C=O) groups is 2. The first kappa shape index (κ1) is 24.8. The van der Waals surface area contributed by atoms with Gasteiger partial charge >= 0.3 is 0 Å². The van der Waals surface area contributed by atoms with Crippen LogP contribution in [0, 0.1) is 5.92 Å². The fraction of sp³-hybridized carbons (Fsp3) is 0.333. The summed E-state index contributed by atoms with van der Waals surface area (Å²) in [4.78, 5) is 34.8. The number of imide groups is 1. The molecule has 2 aliphatic rings. The van der Waals surface area contributed by atoms with Crippen LogP contribution in [0.1, 0.15) is 43.9 Å². The molecule has 0 spiro atoms. The summed E-state index contributed by atoms with van der Waals surface area (Å²) < 4.78 is 11.9. The molecule has 2 amide bonds. The monoisotopic (exact) mass is 500 g/mol. The van der Waals surface area contributed by atoms with Crippen LogP contribution in [0.4, 0.5) is 5.69 Å². The second kappa shape index (κ2) is 11.0. The largest absolute Gasteiger partial charge is 0.490 e. The van der Waals surface area contributed by atoms with Crippen molar-refractivity contribution in [2.24, 2.45) is 5.92 Å². The van der Waals surface area contributed by atoms with Crippen LogP contribution in [0.15, 0.2) is 78.9 Å². The third kappa shape index (κ3) is 4.91. The average molecular weight is 501 g/mol. The van der Waals surface area contributed by atoms with Crippen molar-refractivity contribution in [1.29, 1.82) is 0 Å². The van der Waals surface area contributed by atoms with E-state index >= 15 is 0 Å². The van der Waals surface area contributed by atoms with Crippen molar-refractivity contribution in [3.05, 3.63) is 90.0 Å². The van der Waals surface area contributed by atoms with Crippen LogP contribution in [0.2, 0.25) is 0 Å². The minimum absolute atomic E-state index is 0.224. The van der Waals surface area contributed by atoms with Gasteiger partial charge in [0.15, 0.2) is 17.6 Å². The molecular weight excluding hydrogens is 468 g/mol. The third-order valence-electron chi connectivity index (χ3n) is 6.77. The van der Waals surface area contributed by atoms with Crippen LogP contribution < -0.4 is 14.5 Å². The molecule has 2 aliphatic heterocycles. The average Bonchev–Trinajstić information content (AvgIpc) is 3.43. The van der Waals surface area contributed by atoms with Gasteiger partial charge in [0.25, 0.3) is 5.91 Å². The number of hydrogen-bond donors (Lipinski definition) is 0.